The van der Waals surface area contributed by atoms with Gasteiger partial charge in [-0.25, -0.2) is 0 Å². The van der Waals surface area contributed by atoms with Gasteiger partial charge in [-0.1, -0.05) is 0 Å². The molecule has 0 heterocycles. The van der Waals surface area contributed by atoms with Crippen molar-refractivity contribution in [2.75, 3.05) is 0 Å². The molecule has 0 unspecified atom stereocenters. The Kier molecular flexibility index (Phi) is 3.34. The topological polar surface area (TPSA) is 93.0 Å². The van der Waals surface area contributed by atoms with Crippen LogP contribution in [0.4, 0.5) is 18.9 Å². The first-order valence-electron chi connectivity index (χ1n) is 4.30. The Balaban J connectivity index is 3.66. The Bertz CT molecular complexity index is 505. The Morgan fingerprint density at radius 2 is 2.06 bits per heavy atom. The van der Waals surface area contributed by atoms with Gasteiger partial charge < -0.3 is 5.73 Å². The van der Waals surface area contributed by atoms with E-state index in [1.807, 2.05) is 0 Å². The van der Waals surface area contributed by atoms with E-state index in [2.05, 4.69) is 0 Å². The molecular weight excluding hydrogens is 239 g/mol. The number of alkyl halides is 3. The van der Waals surface area contributed by atoms with E-state index in [1.54, 1.807) is 0 Å². The lowest BCUT2D eigenvalue weighted by atomic mass is 10.0. The second-order valence-corrected chi connectivity index (χ2v) is 3.11. The van der Waals surface area contributed by atoms with Gasteiger partial charge in [-0.05, 0) is 11.6 Å². The summed E-state index contributed by atoms with van der Waals surface area (Å²) in [7, 11) is 0. The Labute approximate surface area is 93.4 Å². The van der Waals surface area contributed by atoms with Crippen LogP contribution >= 0.6 is 0 Å². The first-order chi connectivity index (χ1) is 7.81. The van der Waals surface area contributed by atoms with Gasteiger partial charge in [0.05, 0.1) is 10.5 Å². The predicted octanol–water partition coefficient (Wildman–Crippen LogP) is 1.94. The summed E-state index contributed by atoms with van der Waals surface area (Å²) in [5.74, 6) is 0. The van der Waals surface area contributed by atoms with E-state index >= 15 is 0 Å². The first kappa shape index (κ1) is 12.9. The summed E-state index contributed by atoms with van der Waals surface area (Å²) in [6.45, 7) is -0.187. The number of nitrogens with zero attached hydrogens (tertiary/aromatic N) is 2. The normalized spacial score (nSPS) is 11.0. The van der Waals surface area contributed by atoms with Gasteiger partial charge >= 0.3 is 6.18 Å². The number of rotatable bonds is 2. The van der Waals surface area contributed by atoms with Crippen molar-refractivity contribution in [3.05, 3.63) is 38.9 Å². The minimum atomic E-state index is -4.96. The summed E-state index contributed by atoms with van der Waals surface area (Å²) in [5.41, 5.74) is 1.79. The predicted molar refractivity (Wildman–Crippen MR) is 50.7 cm³/mol. The quantitative estimate of drug-likeness (QED) is 0.636. The zero-order valence-corrected chi connectivity index (χ0v) is 8.28. The molecule has 0 bridgehead atoms. The monoisotopic (exact) mass is 245 g/mol. The third-order valence-corrected chi connectivity index (χ3v) is 2.01. The van der Waals surface area contributed by atoms with Crippen LogP contribution in [0.2, 0.25) is 0 Å². The Morgan fingerprint density at radius 1 is 1.47 bits per heavy atom. The third-order valence-electron chi connectivity index (χ3n) is 2.01. The van der Waals surface area contributed by atoms with E-state index in [-0.39, 0.29) is 12.1 Å². The zero-order valence-electron chi connectivity index (χ0n) is 8.28. The van der Waals surface area contributed by atoms with Gasteiger partial charge in [-0.2, -0.15) is 18.4 Å². The highest BCUT2D eigenvalue weighted by atomic mass is 19.4. The van der Waals surface area contributed by atoms with Gasteiger partial charge in [0.1, 0.15) is 6.07 Å². The number of halogens is 3. The lowest BCUT2D eigenvalue weighted by molar-refractivity contribution is -0.388. The van der Waals surface area contributed by atoms with E-state index in [1.165, 1.54) is 6.07 Å². The van der Waals surface area contributed by atoms with Crippen molar-refractivity contribution < 1.29 is 18.1 Å². The Hall–Kier alpha value is -2.14. The van der Waals surface area contributed by atoms with Crippen LogP contribution in [0.1, 0.15) is 16.7 Å². The van der Waals surface area contributed by atoms with E-state index < -0.39 is 27.9 Å². The van der Waals surface area contributed by atoms with Crippen LogP contribution in [0, 0.1) is 21.4 Å². The smallest absolute Gasteiger partial charge is 0.326 e. The van der Waals surface area contributed by atoms with Crippen molar-refractivity contribution in [3.63, 3.8) is 0 Å². The van der Waals surface area contributed by atoms with E-state index in [9.17, 15) is 23.3 Å². The number of benzene rings is 1. The molecule has 0 spiro atoms. The minimum absolute atomic E-state index is 0.0984. The van der Waals surface area contributed by atoms with Crippen molar-refractivity contribution in [3.8, 4) is 6.07 Å². The van der Waals surface area contributed by atoms with Crippen LogP contribution in [-0.2, 0) is 12.7 Å². The highest BCUT2D eigenvalue weighted by molar-refractivity contribution is 5.55. The molecule has 5 nitrogen and oxygen atoms in total. The molecule has 0 radical (unpaired) electrons. The molecule has 0 amide bonds. The van der Waals surface area contributed by atoms with Gasteiger partial charge in [0, 0.05) is 12.6 Å². The summed E-state index contributed by atoms with van der Waals surface area (Å²) in [6, 6.07) is 2.92. The molecule has 2 N–H and O–H groups in total. The molecule has 0 aliphatic carbocycles. The molecule has 0 saturated carbocycles. The zero-order chi connectivity index (χ0) is 13.2. The van der Waals surface area contributed by atoms with E-state index in [0.717, 1.165) is 12.1 Å². The number of nitro groups is 1. The molecule has 1 aromatic rings. The number of nitrogens with two attached hydrogens (primary N) is 1. The molecule has 8 heteroatoms. The fraction of sp³-hybridized carbons (Fsp3) is 0.222. The fourth-order valence-corrected chi connectivity index (χ4v) is 1.33. The van der Waals surface area contributed by atoms with Gasteiger partial charge in [-0.15, -0.1) is 0 Å². The van der Waals surface area contributed by atoms with Crippen LogP contribution in [-0.4, -0.2) is 4.92 Å². The van der Waals surface area contributed by atoms with Gasteiger partial charge in [-0.3, -0.25) is 10.1 Å². The maximum absolute atomic E-state index is 12.6. The van der Waals surface area contributed by atoms with Crippen molar-refractivity contribution in [2.45, 2.75) is 12.7 Å². The van der Waals surface area contributed by atoms with Crippen LogP contribution in [0.15, 0.2) is 12.1 Å². The highest BCUT2D eigenvalue weighted by Gasteiger charge is 2.41. The van der Waals surface area contributed by atoms with Crippen molar-refractivity contribution in [2.24, 2.45) is 5.73 Å². The average Bonchev–Trinajstić information content (AvgIpc) is 2.25. The number of hydrogen-bond acceptors (Lipinski definition) is 4. The lowest BCUT2D eigenvalue weighted by Crippen LogP contribution is -2.13. The van der Waals surface area contributed by atoms with Crippen molar-refractivity contribution >= 4 is 5.69 Å². The highest BCUT2D eigenvalue weighted by Crippen LogP contribution is 2.38. The van der Waals surface area contributed by atoms with Crippen LogP contribution < -0.4 is 5.73 Å². The molecular formula is C9H6F3N3O2. The summed E-state index contributed by atoms with van der Waals surface area (Å²) in [6.07, 6.45) is -4.96. The average molecular weight is 245 g/mol. The lowest BCUT2D eigenvalue weighted by Gasteiger charge is -2.10. The molecule has 0 atom stereocenters. The molecule has 0 saturated heterocycles. The summed E-state index contributed by atoms with van der Waals surface area (Å²) >= 11 is 0. The second-order valence-electron chi connectivity index (χ2n) is 3.11. The summed E-state index contributed by atoms with van der Waals surface area (Å²) < 4.78 is 37.8. The molecule has 90 valence electrons. The number of hydrogen-bond donors (Lipinski definition) is 1. The van der Waals surface area contributed by atoms with E-state index in [4.69, 9.17) is 11.0 Å². The van der Waals surface area contributed by atoms with E-state index in [0.29, 0.717) is 0 Å². The second kappa shape index (κ2) is 4.39. The SMILES string of the molecule is N#Cc1cc(CN)cc([N+](=O)[O-])c1C(F)(F)F. The summed E-state index contributed by atoms with van der Waals surface area (Å²) in [5, 5.41) is 19.2. The van der Waals surface area contributed by atoms with Gasteiger partial charge in [0.25, 0.3) is 5.69 Å². The minimum Gasteiger partial charge on any atom is -0.326 e. The fourth-order valence-electron chi connectivity index (χ4n) is 1.33. The van der Waals surface area contributed by atoms with Crippen LogP contribution in [0.5, 0.6) is 0 Å². The molecule has 0 aliphatic heterocycles. The van der Waals surface area contributed by atoms with Gasteiger partial charge in [0.15, 0.2) is 5.56 Å². The van der Waals surface area contributed by atoms with Gasteiger partial charge in [0.2, 0.25) is 0 Å². The maximum Gasteiger partial charge on any atom is 0.424 e. The van der Waals surface area contributed by atoms with Crippen LogP contribution in [0.3, 0.4) is 0 Å². The van der Waals surface area contributed by atoms with Crippen molar-refractivity contribution in [1.29, 1.82) is 5.26 Å². The molecule has 0 aromatic heterocycles. The molecule has 17 heavy (non-hydrogen) atoms. The molecule has 1 aromatic carbocycles. The molecule has 1 rings (SSSR count). The number of nitriles is 1. The first-order valence-corrected chi connectivity index (χ1v) is 4.30. The maximum atomic E-state index is 12.6. The summed E-state index contributed by atoms with van der Waals surface area (Å²) in [4.78, 5) is 9.38. The largest absolute Gasteiger partial charge is 0.424 e. The Morgan fingerprint density at radius 3 is 2.41 bits per heavy atom. The number of nitro benzene ring substituents is 1. The molecule has 0 aliphatic rings. The third kappa shape index (κ3) is 2.51. The van der Waals surface area contributed by atoms with Crippen molar-refractivity contribution in [1.82, 2.24) is 0 Å². The standard InChI is InChI=1S/C9H6F3N3O2/c10-9(11,12)8-6(4-14)1-5(3-13)2-7(8)15(16)17/h1-2H,3,13H2. The molecule has 0 fully saturated rings. The van der Waals surface area contributed by atoms with Crippen LogP contribution in [0.25, 0.3) is 0 Å².